The van der Waals surface area contributed by atoms with E-state index in [4.69, 9.17) is 0 Å². The van der Waals surface area contributed by atoms with Gasteiger partial charge in [-0.1, -0.05) is 18.2 Å². The van der Waals surface area contributed by atoms with Gasteiger partial charge in [0.25, 0.3) is 0 Å². The molecule has 18 heavy (non-hydrogen) atoms. The van der Waals surface area contributed by atoms with E-state index in [1.807, 2.05) is 22.6 Å². The Morgan fingerprint density at radius 3 is 2.44 bits per heavy atom. The molecule has 2 aromatic carbocycles. The summed E-state index contributed by atoms with van der Waals surface area (Å²) in [5.74, 6) is -0.714. The Labute approximate surface area is 118 Å². The van der Waals surface area contributed by atoms with E-state index in [1.165, 1.54) is 24.3 Å². The molecule has 0 aromatic heterocycles. The van der Waals surface area contributed by atoms with E-state index in [2.05, 4.69) is 0 Å². The van der Waals surface area contributed by atoms with E-state index in [1.54, 1.807) is 19.1 Å². The first-order chi connectivity index (χ1) is 8.49. The van der Waals surface area contributed by atoms with Gasteiger partial charge in [0.05, 0.1) is 0 Å². The Balaban J connectivity index is 2.41. The minimum Gasteiger partial charge on any atom is -0.384 e. The Hall–Kier alpha value is -1.01. The molecule has 1 nitrogen and oxygen atoms in total. The first kappa shape index (κ1) is 13.4. The van der Waals surface area contributed by atoms with Crippen molar-refractivity contribution in [2.75, 3.05) is 0 Å². The van der Waals surface area contributed by atoms with Crippen LogP contribution in [0.25, 0.3) is 0 Å². The molecule has 0 aliphatic rings. The fraction of sp³-hybridized carbons (Fsp3) is 0.143. The third-order valence-corrected chi connectivity index (χ3v) is 3.70. The summed E-state index contributed by atoms with van der Waals surface area (Å²) in [6.07, 6.45) is -0.951. The molecular weight excluding hydrogens is 349 g/mol. The number of hydrogen-bond acceptors (Lipinski definition) is 1. The molecule has 0 fully saturated rings. The van der Waals surface area contributed by atoms with Crippen molar-refractivity contribution in [1.82, 2.24) is 0 Å². The lowest BCUT2D eigenvalue weighted by atomic mass is 10.0. The van der Waals surface area contributed by atoms with Crippen LogP contribution in [0.1, 0.15) is 22.8 Å². The molecule has 0 aliphatic heterocycles. The van der Waals surface area contributed by atoms with E-state index in [0.29, 0.717) is 20.3 Å². The van der Waals surface area contributed by atoms with Crippen LogP contribution in [-0.4, -0.2) is 5.11 Å². The number of aliphatic hydroxyl groups is 1. The molecule has 0 radical (unpaired) electrons. The summed E-state index contributed by atoms with van der Waals surface area (Å²) in [7, 11) is 0. The quantitative estimate of drug-likeness (QED) is 0.804. The van der Waals surface area contributed by atoms with Crippen LogP contribution < -0.4 is 0 Å². The van der Waals surface area contributed by atoms with Crippen molar-refractivity contribution in [2.45, 2.75) is 13.0 Å². The van der Waals surface area contributed by atoms with Crippen LogP contribution in [0, 0.1) is 22.1 Å². The van der Waals surface area contributed by atoms with Crippen molar-refractivity contribution in [3.8, 4) is 0 Å². The highest BCUT2D eigenvalue weighted by atomic mass is 127. The molecule has 94 valence electrons. The molecule has 0 amide bonds. The van der Waals surface area contributed by atoms with Gasteiger partial charge in [-0.15, -0.1) is 0 Å². The number of aliphatic hydroxyl groups excluding tert-OH is 1. The fourth-order valence-electron chi connectivity index (χ4n) is 1.68. The van der Waals surface area contributed by atoms with Crippen LogP contribution in [0.15, 0.2) is 36.4 Å². The standard InChI is InChI=1S/C14H11F2IO/c1-8-2-3-9(6-12(8)16)14(18)11-5-4-10(15)7-13(11)17/h2-7,14,18H,1H3. The smallest absolute Gasteiger partial charge is 0.126 e. The molecule has 0 saturated carbocycles. The van der Waals surface area contributed by atoms with E-state index in [-0.39, 0.29) is 11.6 Å². The Kier molecular flexibility index (Phi) is 3.97. The van der Waals surface area contributed by atoms with Gasteiger partial charge in [-0.25, -0.2) is 8.78 Å². The van der Waals surface area contributed by atoms with E-state index in [0.717, 1.165) is 0 Å². The van der Waals surface area contributed by atoms with Gasteiger partial charge in [-0.2, -0.15) is 0 Å². The maximum atomic E-state index is 13.4. The van der Waals surface area contributed by atoms with Gasteiger partial charge in [-0.3, -0.25) is 0 Å². The van der Waals surface area contributed by atoms with Crippen LogP contribution in [0.4, 0.5) is 8.78 Å². The van der Waals surface area contributed by atoms with E-state index >= 15 is 0 Å². The fourth-order valence-corrected chi connectivity index (χ4v) is 2.45. The van der Waals surface area contributed by atoms with Crippen LogP contribution in [0.3, 0.4) is 0 Å². The zero-order valence-corrected chi connectivity index (χ0v) is 11.8. The van der Waals surface area contributed by atoms with Crippen LogP contribution in [0.5, 0.6) is 0 Å². The first-order valence-corrected chi connectivity index (χ1v) is 6.46. The largest absolute Gasteiger partial charge is 0.384 e. The van der Waals surface area contributed by atoms with Gasteiger partial charge in [0.15, 0.2) is 0 Å². The number of halogens is 3. The predicted molar refractivity (Wildman–Crippen MR) is 74.3 cm³/mol. The molecule has 0 heterocycles. The molecule has 2 rings (SSSR count). The maximum Gasteiger partial charge on any atom is 0.126 e. The Morgan fingerprint density at radius 2 is 1.83 bits per heavy atom. The number of rotatable bonds is 2. The summed E-state index contributed by atoms with van der Waals surface area (Å²) in [6, 6.07) is 8.72. The molecule has 4 heteroatoms. The monoisotopic (exact) mass is 360 g/mol. The van der Waals surface area contributed by atoms with Gasteiger partial charge in [-0.05, 0) is 64.4 Å². The number of aryl methyl sites for hydroxylation is 1. The second-order valence-electron chi connectivity index (χ2n) is 4.08. The molecule has 0 saturated heterocycles. The maximum absolute atomic E-state index is 13.4. The van der Waals surface area contributed by atoms with Crippen LogP contribution >= 0.6 is 22.6 Å². The van der Waals surface area contributed by atoms with Crippen molar-refractivity contribution in [3.05, 3.63) is 68.3 Å². The average Bonchev–Trinajstić information content (AvgIpc) is 2.32. The second kappa shape index (κ2) is 5.32. The lowest BCUT2D eigenvalue weighted by Crippen LogP contribution is -2.03. The highest BCUT2D eigenvalue weighted by Gasteiger charge is 2.15. The molecule has 1 N–H and O–H groups in total. The Morgan fingerprint density at radius 1 is 1.11 bits per heavy atom. The zero-order valence-electron chi connectivity index (χ0n) is 9.62. The molecule has 0 spiro atoms. The highest BCUT2D eigenvalue weighted by molar-refractivity contribution is 14.1. The van der Waals surface area contributed by atoms with Gasteiger partial charge in [0.1, 0.15) is 17.7 Å². The lowest BCUT2D eigenvalue weighted by molar-refractivity contribution is 0.218. The Bertz CT molecular complexity index is 584. The van der Waals surface area contributed by atoms with Crippen molar-refractivity contribution in [1.29, 1.82) is 0 Å². The highest BCUT2D eigenvalue weighted by Crippen LogP contribution is 2.27. The van der Waals surface area contributed by atoms with Crippen molar-refractivity contribution in [3.63, 3.8) is 0 Å². The van der Waals surface area contributed by atoms with Crippen molar-refractivity contribution < 1.29 is 13.9 Å². The summed E-state index contributed by atoms with van der Waals surface area (Å²) in [5, 5.41) is 10.2. The summed E-state index contributed by atoms with van der Waals surface area (Å²) in [4.78, 5) is 0. The normalized spacial score (nSPS) is 12.5. The SMILES string of the molecule is Cc1ccc(C(O)c2ccc(F)cc2I)cc1F. The van der Waals surface area contributed by atoms with Crippen LogP contribution in [0.2, 0.25) is 0 Å². The van der Waals surface area contributed by atoms with E-state index in [9.17, 15) is 13.9 Å². The van der Waals surface area contributed by atoms with Crippen molar-refractivity contribution >= 4 is 22.6 Å². The van der Waals surface area contributed by atoms with Crippen molar-refractivity contribution in [2.24, 2.45) is 0 Å². The molecule has 0 aliphatic carbocycles. The van der Waals surface area contributed by atoms with Gasteiger partial charge in [0.2, 0.25) is 0 Å². The third-order valence-electron chi connectivity index (χ3n) is 2.77. The molecule has 0 bridgehead atoms. The van der Waals surface area contributed by atoms with Gasteiger partial charge >= 0.3 is 0 Å². The van der Waals surface area contributed by atoms with Crippen LogP contribution in [-0.2, 0) is 0 Å². The molecule has 1 unspecified atom stereocenters. The minimum atomic E-state index is -0.951. The second-order valence-corrected chi connectivity index (χ2v) is 5.24. The number of hydrogen-bond donors (Lipinski definition) is 1. The number of benzene rings is 2. The van der Waals surface area contributed by atoms with Gasteiger partial charge in [0, 0.05) is 3.57 Å². The average molecular weight is 360 g/mol. The summed E-state index contributed by atoms with van der Waals surface area (Å²) in [6.45, 7) is 1.66. The van der Waals surface area contributed by atoms with Gasteiger partial charge < -0.3 is 5.11 Å². The summed E-state index contributed by atoms with van der Waals surface area (Å²) < 4.78 is 27.0. The summed E-state index contributed by atoms with van der Waals surface area (Å²) in [5.41, 5.74) is 1.56. The topological polar surface area (TPSA) is 20.2 Å². The third kappa shape index (κ3) is 2.70. The predicted octanol–water partition coefficient (Wildman–Crippen LogP) is 3.96. The lowest BCUT2D eigenvalue weighted by Gasteiger charge is -2.14. The minimum absolute atomic E-state index is 0.356. The molecule has 1 atom stereocenters. The summed E-state index contributed by atoms with van der Waals surface area (Å²) >= 11 is 1.95. The molecule has 2 aromatic rings. The molecular formula is C14H11F2IO. The zero-order chi connectivity index (χ0) is 13.3. The van der Waals surface area contributed by atoms with E-state index < -0.39 is 6.10 Å². The first-order valence-electron chi connectivity index (χ1n) is 5.38.